The zero-order valence-corrected chi connectivity index (χ0v) is 10.4. The Morgan fingerprint density at radius 2 is 1.71 bits per heavy atom. The lowest BCUT2D eigenvalue weighted by Crippen LogP contribution is -2.60. The summed E-state index contributed by atoms with van der Waals surface area (Å²) in [6.07, 6.45) is 1.25. The van der Waals surface area contributed by atoms with E-state index in [0.29, 0.717) is 0 Å². The zero-order chi connectivity index (χ0) is 11.2. The predicted molar refractivity (Wildman–Crippen MR) is 61.6 cm³/mol. The largest absolute Gasteiger partial charge is 0.394 e. The number of aliphatic hydroxyl groups excluding tert-OH is 1. The summed E-state index contributed by atoms with van der Waals surface area (Å²) in [7, 11) is 4.17. The van der Waals surface area contributed by atoms with Crippen molar-refractivity contribution in [3.8, 4) is 0 Å². The summed E-state index contributed by atoms with van der Waals surface area (Å²) in [6.45, 7) is 9.70. The first-order chi connectivity index (χ1) is 6.50. The van der Waals surface area contributed by atoms with Crippen molar-refractivity contribution in [1.29, 1.82) is 0 Å². The fourth-order valence-corrected chi connectivity index (χ4v) is 1.54. The van der Waals surface area contributed by atoms with Gasteiger partial charge in [-0.3, -0.25) is 4.90 Å². The van der Waals surface area contributed by atoms with Gasteiger partial charge in [0.2, 0.25) is 0 Å². The molecule has 1 fully saturated rings. The smallest absolute Gasteiger partial charge is 0.0625 e. The van der Waals surface area contributed by atoms with Crippen LogP contribution in [0, 0.1) is 0 Å². The molecule has 0 aliphatic carbocycles. The van der Waals surface area contributed by atoms with Crippen molar-refractivity contribution in [2.45, 2.75) is 32.7 Å². The number of likely N-dealkylation sites (N-methyl/N-ethyl adjacent to an activating group) is 2. The molecule has 0 bridgehead atoms. The molecule has 3 heteroatoms. The highest BCUT2D eigenvalue weighted by atomic mass is 16.3. The van der Waals surface area contributed by atoms with Gasteiger partial charge in [0.15, 0.2) is 0 Å². The average Bonchev–Trinajstić information content (AvgIpc) is 2.13. The molecule has 0 radical (unpaired) electrons. The number of hydrogen-bond donors (Lipinski definition) is 1. The van der Waals surface area contributed by atoms with Gasteiger partial charge in [-0.25, -0.2) is 0 Å². The van der Waals surface area contributed by atoms with Crippen LogP contribution in [0.3, 0.4) is 0 Å². The molecule has 86 valence electrons. The third-order valence-electron chi connectivity index (χ3n) is 2.69. The standard InChI is InChI=1S/C8H18N2O.C3H8/c1-8(7-11)6-9(2)4-5-10(8)3;1-3-2/h11H,4-7H2,1-3H3;3H2,1-2H3. The molecular formula is C11H26N2O. The van der Waals surface area contributed by atoms with Crippen LogP contribution in [0.1, 0.15) is 27.2 Å². The average molecular weight is 202 g/mol. The molecule has 1 atom stereocenters. The van der Waals surface area contributed by atoms with E-state index < -0.39 is 0 Å². The molecule has 3 nitrogen and oxygen atoms in total. The van der Waals surface area contributed by atoms with E-state index in [0.717, 1.165) is 19.6 Å². The summed E-state index contributed by atoms with van der Waals surface area (Å²) in [6, 6.07) is 0. The Morgan fingerprint density at radius 3 is 2.07 bits per heavy atom. The minimum Gasteiger partial charge on any atom is -0.394 e. The first-order valence-corrected chi connectivity index (χ1v) is 5.50. The molecule has 0 amide bonds. The number of piperazine rings is 1. The molecule has 0 saturated carbocycles. The molecule has 1 aliphatic heterocycles. The second-order valence-electron chi connectivity index (χ2n) is 4.52. The fraction of sp³-hybridized carbons (Fsp3) is 1.00. The Balaban J connectivity index is 0.000000500. The molecule has 0 aromatic rings. The van der Waals surface area contributed by atoms with Crippen LogP contribution in [0.2, 0.25) is 0 Å². The first-order valence-electron chi connectivity index (χ1n) is 5.50. The van der Waals surface area contributed by atoms with Gasteiger partial charge < -0.3 is 10.0 Å². The molecule has 14 heavy (non-hydrogen) atoms. The molecular weight excluding hydrogens is 176 g/mol. The van der Waals surface area contributed by atoms with Crippen molar-refractivity contribution in [1.82, 2.24) is 9.80 Å². The van der Waals surface area contributed by atoms with E-state index in [1.165, 1.54) is 6.42 Å². The summed E-state index contributed by atoms with van der Waals surface area (Å²) < 4.78 is 0. The second kappa shape index (κ2) is 6.38. The monoisotopic (exact) mass is 202 g/mol. The van der Waals surface area contributed by atoms with E-state index in [1.54, 1.807) is 0 Å². The maximum Gasteiger partial charge on any atom is 0.0625 e. The summed E-state index contributed by atoms with van der Waals surface area (Å²) in [5.74, 6) is 0. The lowest BCUT2D eigenvalue weighted by molar-refractivity contribution is -0.000722. The topological polar surface area (TPSA) is 26.7 Å². The van der Waals surface area contributed by atoms with Crippen molar-refractivity contribution in [2.75, 3.05) is 40.3 Å². The summed E-state index contributed by atoms with van der Waals surface area (Å²) in [5.41, 5.74) is -0.0347. The third-order valence-corrected chi connectivity index (χ3v) is 2.69. The highest BCUT2D eigenvalue weighted by Gasteiger charge is 2.33. The maximum atomic E-state index is 9.17. The molecule has 0 aromatic heterocycles. The minimum absolute atomic E-state index is 0.0347. The SMILES string of the molecule is CCC.CN1CCN(C)C(C)(CO)C1. The Morgan fingerprint density at radius 1 is 1.21 bits per heavy atom. The van der Waals surface area contributed by atoms with Gasteiger partial charge in [0.05, 0.1) is 12.1 Å². The van der Waals surface area contributed by atoms with Crippen LogP contribution in [-0.4, -0.2) is 60.8 Å². The molecule has 1 aliphatic rings. The molecule has 0 spiro atoms. The lowest BCUT2D eigenvalue weighted by atomic mass is 9.99. The van der Waals surface area contributed by atoms with Gasteiger partial charge >= 0.3 is 0 Å². The van der Waals surface area contributed by atoms with Crippen molar-refractivity contribution in [2.24, 2.45) is 0 Å². The number of hydrogen-bond acceptors (Lipinski definition) is 3. The zero-order valence-electron chi connectivity index (χ0n) is 10.4. The van der Waals surface area contributed by atoms with Crippen molar-refractivity contribution >= 4 is 0 Å². The van der Waals surface area contributed by atoms with Crippen molar-refractivity contribution < 1.29 is 5.11 Å². The van der Waals surface area contributed by atoms with E-state index in [9.17, 15) is 5.11 Å². The number of aliphatic hydroxyl groups is 1. The molecule has 1 heterocycles. The molecule has 1 rings (SSSR count). The van der Waals surface area contributed by atoms with E-state index in [2.05, 4.69) is 44.7 Å². The summed E-state index contributed by atoms with van der Waals surface area (Å²) in [5, 5.41) is 9.17. The van der Waals surface area contributed by atoms with Crippen molar-refractivity contribution in [3.63, 3.8) is 0 Å². The quantitative estimate of drug-likeness (QED) is 0.688. The van der Waals surface area contributed by atoms with Crippen LogP contribution in [0.4, 0.5) is 0 Å². The lowest BCUT2D eigenvalue weighted by Gasteiger charge is -2.45. The first kappa shape index (κ1) is 13.9. The normalized spacial score (nSPS) is 29.6. The van der Waals surface area contributed by atoms with Gasteiger partial charge in [-0.15, -0.1) is 0 Å². The third kappa shape index (κ3) is 3.95. The Bertz CT molecular complexity index is 152. The van der Waals surface area contributed by atoms with Gasteiger partial charge in [-0.2, -0.15) is 0 Å². The van der Waals surface area contributed by atoms with Crippen LogP contribution < -0.4 is 0 Å². The predicted octanol–water partition coefficient (Wildman–Crippen LogP) is 1.03. The van der Waals surface area contributed by atoms with Gasteiger partial charge in [-0.1, -0.05) is 20.3 Å². The van der Waals surface area contributed by atoms with Gasteiger partial charge in [0.1, 0.15) is 0 Å². The van der Waals surface area contributed by atoms with E-state index in [-0.39, 0.29) is 12.1 Å². The number of nitrogens with zero attached hydrogens (tertiary/aromatic N) is 2. The number of rotatable bonds is 1. The summed E-state index contributed by atoms with van der Waals surface area (Å²) >= 11 is 0. The van der Waals surface area contributed by atoms with E-state index in [4.69, 9.17) is 0 Å². The van der Waals surface area contributed by atoms with Crippen molar-refractivity contribution in [3.05, 3.63) is 0 Å². The van der Waals surface area contributed by atoms with Crippen LogP contribution in [0.15, 0.2) is 0 Å². The summed E-state index contributed by atoms with van der Waals surface area (Å²) in [4.78, 5) is 4.49. The highest BCUT2D eigenvalue weighted by molar-refractivity contribution is 4.90. The molecule has 0 aromatic carbocycles. The highest BCUT2D eigenvalue weighted by Crippen LogP contribution is 2.17. The Kier molecular flexibility index (Phi) is 6.33. The van der Waals surface area contributed by atoms with Crippen LogP contribution in [0.5, 0.6) is 0 Å². The maximum absolute atomic E-state index is 9.17. The fourth-order valence-electron chi connectivity index (χ4n) is 1.54. The molecule has 1 N–H and O–H groups in total. The van der Waals surface area contributed by atoms with E-state index >= 15 is 0 Å². The Labute approximate surface area is 88.7 Å². The molecule has 1 unspecified atom stereocenters. The molecule has 1 saturated heterocycles. The van der Waals surface area contributed by atoms with Gasteiger partial charge in [0, 0.05) is 19.6 Å². The second-order valence-corrected chi connectivity index (χ2v) is 4.52. The van der Waals surface area contributed by atoms with Gasteiger partial charge in [-0.05, 0) is 21.0 Å². The van der Waals surface area contributed by atoms with Crippen LogP contribution in [0.25, 0.3) is 0 Å². The van der Waals surface area contributed by atoms with Crippen LogP contribution in [-0.2, 0) is 0 Å². The van der Waals surface area contributed by atoms with Crippen LogP contribution >= 0.6 is 0 Å². The van der Waals surface area contributed by atoms with E-state index in [1.807, 2.05) is 0 Å². The van der Waals surface area contributed by atoms with Gasteiger partial charge in [0.25, 0.3) is 0 Å². The Hall–Kier alpha value is -0.120. The minimum atomic E-state index is -0.0347.